The molecule has 0 aliphatic carbocycles. The maximum absolute atomic E-state index is 12.8. The van der Waals surface area contributed by atoms with Crippen LogP contribution in [0.5, 0.6) is 11.5 Å². The summed E-state index contributed by atoms with van der Waals surface area (Å²) in [5.74, 6) is 3.87. The number of hydrogen-bond donors (Lipinski definition) is 1. The van der Waals surface area contributed by atoms with Gasteiger partial charge in [0.1, 0.15) is 0 Å². The first-order valence-electron chi connectivity index (χ1n) is 8.55. The zero-order valence-corrected chi connectivity index (χ0v) is 16.5. The van der Waals surface area contributed by atoms with Gasteiger partial charge in [-0.05, 0) is 30.5 Å². The van der Waals surface area contributed by atoms with E-state index in [0.29, 0.717) is 12.5 Å². The van der Waals surface area contributed by atoms with E-state index in [1.807, 2.05) is 34.9 Å². The molecule has 0 aromatic heterocycles. The van der Waals surface area contributed by atoms with Crippen LogP contribution >= 0.6 is 24.2 Å². The highest BCUT2D eigenvalue weighted by atomic mass is 35.5. The highest BCUT2D eigenvalue weighted by Gasteiger charge is 2.31. The Labute approximate surface area is 160 Å². The first-order valence-corrected chi connectivity index (χ1v) is 9.71. The lowest BCUT2D eigenvalue weighted by Gasteiger charge is -2.29. The molecule has 0 saturated carbocycles. The van der Waals surface area contributed by atoms with Crippen LogP contribution in [-0.2, 0) is 4.79 Å². The van der Waals surface area contributed by atoms with Gasteiger partial charge in [0.15, 0.2) is 11.5 Å². The zero-order valence-electron chi connectivity index (χ0n) is 14.8. The number of carbonyl (C=O) groups excluding carboxylic acids is 1. The minimum atomic E-state index is 0. The number of methoxy groups -OCH3 is 2. The Balaban J connectivity index is 0.00000225. The average molecular weight is 387 g/mol. The van der Waals surface area contributed by atoms with Crippen molar-refractivity contribution in [2.45, 2.75) is 31.3 Å². The van der Waals surface area contributed by atoms with Gasteiger partial charge in [0.05, 0.1) is 20.3 Å². The van der Waals surface area contributed by atoms with Crippen LogP contribution < -0.4 is 14.8 Å². The number of hydrogen-bond acceptors (Lipinski definition) is 5. The van der Waals surface area contributed by atoms with Gasteiger partial charge >= 0.3 is 0 Å². The molecule has 2 aliphatic rings. The first kappa shape index (κ1) is 20.2. The van der Waals surface area contributed by atoms with Crippen molar-refractivity contribution in [3.8, 4) is 11.5 Å². The molecular formula is C18H27ClN2O3S. The number of likely N-dealkylation sites (tertiary alicyclic amines) is 1. The third-order valence-electron chi connectivity index (χ3n) is 4.78. The van der Waals surface area contributed by atoms with E-state index in [4.69, 9.17) is 9.47 Å². The van der Waals surface area contributed by atoms with E-state index in [0.717, 1.165) is 54.5 Å². The van der Waals surface area contributed by atoms with Crippen LogP contribution in [0.25, 0.3) is 0 Å². The minimum Gasteiger partial charge on any atom is -0.493 e. The smallest absolute Gasteiger partial charge is 0.224 e. The molecule has 2 aliphatic heterocycles. The van der Waals surface area contributed by atoms with Gasteiger partial charge in [0, 0.05) is 37.1 Å². The van der Waals surface area contributed by atoms with Gasteiger partial charge in [-0.25, -0.2) is 0 Å². The fourth-order valence-corrected chi connectivity index (χ4v) is 4.50. The predicted octanol–water partition coefficient (Wildman–Crippen LogP) is 2.88. The maximum atomic E-state index is 12.8. The van der Waals surface area contributed by atoms with Crippen LogP contribution in [0.1, 0.15) is 30.9 Å². The van der Waals surface area contributed by atoms with E-state index >= 15 is 0 Å². The van der Waals surface area contributed by atoms with Crippen molar-refractivity contribution in [1.29, 1.82) is 0 Å². The fraction of sp³-hybridized carbons (Fsp3) is 0.611. The summed E-state index contributed by atoms with van der Waals surface area (Å²) in [5.41, 5.74) is 1.13. The monoisotopic (exact) mass is 386 g/mol. The third kappa shape index (κ3) is 4.74. The van der Waals surface area contributed by atoms with Gasteiger partial charge in [0.25, 0.3) is 0 Å². The number of nitrogens with zero attached hydrogens (tertiary/aromatic N) is 1. The molecule has 1 N–H and O–H groups in total. The Bertz CT molecular complexity index is 581. The maximum Gasteiger partial charge on any atom is 0.224 e. The van der Waals surface area contributed by atoms with Crippen molar-refractivity contribution in [3.63, 3.8) is 0 Å². The quantitative estimate of drug-likeness (QED) is 0.843. The van der Waals surface area contributed by atoms with Gasteiger partial charge in [-0.1, -0.05) is 6.07 Å². The van der Waals surface area contributed by atoms with Crippen molar-refractivity contribution < 1.29 is 14.3 Å². The Morgan fingerprint density at radius 3 is 2.80 bits per heavy atom. The van der Waals surface area contributed by atoms with E-state index in [2.05, 4.69) is 5.32 Å². The number of carbonyl (C=O) groups is 1. The Morgan fingerprint density at radius 2 is 2.12 bits per heavy atom. The summed E-state index contributed by atoms with van der Waals surface area (Å²) in [6.45, 7) is 1.85. The number of benzene rings is 1. The third-order valence-corrected chi connectivity index (χ3v) is 5.92. The topological polar surface area (TPSA) is 50.8 Å². The molecule has 1 amide bonds. The van der Waals surface area contributed by atoms with Crippen molar-refractivity contribution >= 4 is 30.1 Å². The molecule has 2 saturated heterocycles. The summed E-state index contributed by atoms with van der Waals surface area (Å²) in [4.78, 5) is 14.8. The van der Waals surface area contributed by atoms with Crippen LogP contribution in [0, 0.1) is 0 Å². The number of thioether (sulfide) groups is 1. The second-order valence-electron chi connectivity index (χ2n) is 6.29. The summed E-state index contributed by atoms with van der Waals surface area (Å²) < 4.78 is 10.7. The van der Waals surface area contributed by atoms with E-state index in [1.165, 1.54) is 0 Å². The zero-order chi connectivity index (χ0) is 16.9. The van der Waals surface area contributed by atoms with Gasteiger partial charge < -0.3 is 19.7 Å². The fourth-order valence-electron chi connectivity index (χ4n) is 3.55. The number of ether oxygens (including phenoxy) is 2. The largest absolute Gasteiger partial charge is 0.493 e. The molecule has 0 spiro atoms. The Hall–Kier alpha value is -1.11. The summed E-state index contributed by atoms with van der Waals surface area (Å²) in [6.07, 6.45) is 2.66. The molecule has 1 aromatic carbocycles. The van der Waals surface area contributed by atoms with Crippen LogP contribution in [0.3, 0.4) is 0 Å². The number of halogens is 1. The predicted molar refractivity (Wildman–Crippen MR) is 104 cm³/mol. The molecule has 2 unspecified atom stereocenters. The van der Waals surface area contributed by atoms with Gasteiger partial charge in [0.2, 0.25) is 5.91 Å². The number of rotatable bonds is 5. The lowest BCUT2D eigenvalue weighted by Crippen LogP contribution is -2.42. The second kappa shape index (κ2) is 9.55. The van der Waals surface area contributed by atoms with Gasteiger partial charge in [-0.15, -0.1) is 12.4 Å². The van der Waals surface area contributed by atoms with Crippen molar-refractivity contribution in [3.05, 3.63) is 23.8 Å². The average Bonchev–Trinajstić information content (AvgIpc) is 3.12. The van der Waals surface area contributed by atoms with Crippen molar-refractivity contribution in [2.24, 2.45) is 0 Å². The number of amides is 1. The molecule has 7 heteroatoms. The standard InChI is InChI=1S/C18H26N2O3S.ClH/c1-22-16-6-5-13(10-17(16)23-2)15-4-3-8-20(15)18(21)11-14-12-24-9-7-19-14;/h5-6,10,14-15,19H,3-4,7-9,11-12H2,1-2H3;1H. The van der Waals surface area contributed by atoms with E-state index in [1.54, 1.807) is 14.2 Å². The van der Waals surface area contributed by atoms with Gasteiger partial charge in [-0.3, -0.25) is 4.79 Å². The van der Waals surface area contributed by atoms with Crippen molar-refractivity contribution in [2.75, 3.05) is 38.8 Å². The lowest BCUT2D eigenvalue weighted by molar-refractivity contribution is -0.132. The summed E-state index contributed by atoms with van der Waals surface area (Å²) in [6, 6.07) is 6.43. The molecule has 2 fully saturated rings. The molecule has 0 radical (unpaired) electrons. The SMILES string of the molecule is COc1ccc(C2CCCN2C(=O)CC2CSCCN2)cc1OC.Cl. The second-order valence-corrected chi connectivity index (χ2v) is 7.44. The molecule has 25 heavy (non-hydrogen) atoms. The summed E-state index contributed by atoms with van der Waals surface area (Å²) >= 11 is 1.93. The normalized spacial score (nSPS) is 23.0. The molecule has 140 valence electrons. The van der Waals surface area contributed by atoms with Crippen LogP contribution in [0.4, 0.5) is 0 Å². The molecule has 5 nitrogen and oxygen atoms in total. The van der Waals surface area contributed by atoms with E-state index < -0.39 is 0 Å². The highest BCUT2D eigenvalue weighted by Crippen LogP contribution is 2.37. The Morgan fingerprint density at radius 1 is 1.32 bits per heavy atom. The molecular weight excluding hydrogens is 360 g/mol. The Kier molecular flexibility index (Phi) is 7.72. The molecule has 0 bridgehead atoms. The van der Waals surface area contributed by atoms with Crippen LogP contribution in [0.15, 0.2) is 18.2 Å². The summed E-state index contributed by atoms with van der Waals surface area (Å²) in [5, 5.41) is 3.46. The van der Waals surface area contributed by atoms with E-state index in [-0.39, 0.29) is 24.4 Å². The van der Waals surface area contributed by atoms with E-state index in [9.17, 15) is 4.79 Å². The minimum absolute atomic E-state index is 0. The molecule has 3 rings (SSSR count). The summed E-state index contributed by atoms with van der Waals surface area (Å²) in [7, 11) is 3.28. The first-order chi connectivity index (χ1) is 11.7. The van der Waals surface area contributed by atoms with Crippen LogP contribution in [-0.4, -0.2) is 55.7 Å². The van der Waals surface area contributed by atoms with Gasteiger partial charge in [-0.2, -0.15) is 11.8 Å². The van der Waals surface area contributed by atoms with Crippen molar-refractivity contribution in [1.82, 2.24) is 10.2 Å². The number of nitrogens with one attached hydrogen (secondary N) is 1. The molecule has 2 heterocycles. The lowest BCUT2D eigenvalue weighted by atomic mass is 10.0. The highest BCUT2D eigenvalue weighted by molar-refractivity contribution is 7.99. The molecule has 2 atom stereocenters. The molecule has 1 aromatic rings. The van der Waals surface area contributed by atoms with Crippen LogP contribution in [0.2, 0.25) is 0 Å².